The quantitative estimate of drug-likeness (QED) is 0.461. The summed E-state index contributed by atoms with van der Waals surface area (Å²) in [6, 6.07) is 20.7. The van der Waals surface area contributed by atoms with Gasteiger partial charge in [-0.05, 0) is 37.0 Å². The third-order valence-corrected chi connectivity index (χ3v) is 4.94. The summed E-state index contributed by atoms with van der Waals surface area (Å²) in [6.45, 7) is 2.20. The Hall–Kier alpha value is -1.51. The van der Waals surface area contributed by atoms with Crippen molar-refractivity contribution < 1.29 is 5.11 Å². The standard InChI is InChI=1S/C21H26OS/c1-2-3-6-15-21(23-19-13-9-5-10-14-19)20(22)17-16-18-11-7-4-8-12-18/h4-5,7-15,20,22H,2-3,6,16-17H2,1H3/b21-15-/t20-/m1/s1. The summed E-state index contributed by atoms with van der Waals surface area (Å²) >= 11 is 1.69. The minimum Gasteiger partial charge on any atom is -0.388 e. The molecular formula is C21H26OS. The van der Waals surface area contributed by atoms with Gasteiger partial charge in [0.1, 0.15) is 0 Å². The molecule has 23 heavy (non-hydrogen) atoms. The van der Waals surface area contributed by atoms with Gasteiger partial charge >= 0.3 is 0 Å². The zero-order valence-corrected chi connectivity index (χ0v) is 14.6. The first kappa shape index (κ1) is 17.8. The van der Waals surface area contributed by atoms with Crippen molar-refractivity contribution in [2.45, 2.75) is 50.0 Å². The maximum Gasteiger partial charge on any atom is 0.0851 e. The number of hydrogen-bond donors (Lipinski definition) is 1. The maximum atomic E-state index is 10.6. The van der Waals surface area contributed by atoms with Crippen LogP contribution < -0.4 is 0 Å². The second-order valence-electron chi connectivity index (χ2n) is 5.70. The van der Waals surface area contributed by atoms with Crippen LogP contribution in [0, 0.1) is 0 Å². The number of aryl methyl sites for hydroxylation is 1. The van der Waals surface area contributed by atoms with E-state index in [1.165, 1.54) is 23.3 Å². The Bertz CT molecular complexity index is 577. The van der Waals surface area contributed by atoms with E-state index < -0.39 is 6.10 Å². The summed E-state index contributed by atoms with van der Waals surface area (Å²) in [7, 11) is 0. The average molecular weight is 327 g/mol. The van der Waals surface area contributed by atoms with E-state index in [1.807, 2.05) is 24.3 Å². The lowest BCUT2D eigenvalue weighted by Crippen LogP contribution is -2.10. The van der Waals surface area contributed by atoms with E-state index in [0.29, 0.717) is 0 Å². The van der Waals surface area contributed by atoms with Crippen LogP contribution in [0.25, 0.3) is 0 Å². The van der Waals surface area contributed by atoms with Gasteiger partial charge in [-0.2, -0.15) is 0 Å². The topological polar surface area (TPSA) is 20.2 Å². The Labute approximate surface area is 144 Å². The first-order valence-corrected chi connectivity index (χ1v) is 9.26. The number of allylic oxidation sites excluding steroid dienone is 1. The van der Waals surface area contributed by atoms with Gasteiger partial charge in [-0.3, -0.25) is 0 Å². The molecule has 1 atom stereocenters. The highest BCUT2D eigenvalue weighted by Gasteiger charge is 2.12. The van der Waals surface area contributed by atoms with Crippen LogP contribution in [0.3, 0.4) is 0 Å². The van der Waals surface area contributed by atoms with Gasteiger partial charge in [0.15, 0.2) is 0 Å². The fourth-order valence-corrected chi connectivity index (χ4v) is 3.43. The predicted octanol–water partition coefficient (Wildman–Crippen LogP) is 5.85. The molecule has 0 aliphatic heterocycles. The number of hydrogen-bond acceptors (Lipinski definition) is 2. The Morgan fingerprint density at radius 1 is 1.04 bits per heavy atom. The van der Waals surface area contributed by atoms with E-state index >= 15 is 0 Å². The summed E-state index contributed by atoms with van der Waals surface area (Å²) in [5.74, 6) is 0. The normalized spacial score (nSPS) is 13.0. The maximum absolute atomic E-state index is 10.6. The summed E-state index contributed by atoms with van der Waals surface area (Å²) in [4.78, 5) is 2.27. The van der Waals surface area contributed by atoms with E-state index in [1.54, 1.807) is 11.8 Å². The summed E-state index contributed by atoms with van der Waals surface area (Å²) < 4.78 is 0. The molecule has 2 heteroatoms. The van der Waals surface area contributed by atoms with E-state index in [0.717, 1.165) is 24.2 Å². The van der Waals surface area contributed by atoms with Crippen molar-refractivity contribution in [3.63, 3.8) is 0 Å². The Morgan fingerprint density at radius 2 is 1.70 bits per heavy atom. The van der Waals surface area contributed by atoms with Gasteiger partial charge in [0.25, 0.3) is 0 Å². The summed E-state index contributed by atoms with van der Waals surface area (Å²) in [5, 5.41) is 10.6. The van der Waals surface area contributed by atoms with Gasteiger partial charge in [0, 0.05) is 9.80 Å². The van der Waals surface area contributed by atoms with Crippen LogP contribution in [0.2, 0.25) is 0 Å². The highest BCUT2D eigenvalue weighted by atomic mass is 32.2. The molecule has 0 aromatic heterocycles. The van der Waals surface area contributed by atoms with E-state index in [4.69, 9.17) is 0 Å². The number of thioether (sulfide) groups is 1. The molecule has 0 fully saturated rings. The number of aliphatic hydroxyl groups is 1. The minimum atomic E-state index is -0.391. The van der Waals surface area contributed by atoms with Gasteiger partial charge in [0.05, 0.1) is 6.10 Å². The lowest BCUT2D eigenvalue weighted by Gasteiger charge is -2.15. The molecule has 0 unspecified atom stereocenters. The SMILES string of the molecule is CCCC/C=C(\Sc1ccccc1)[C@H](O)CCc1ccccc1. The fraction of sp³-hybridized carbons (Fsp3) is 0.333. The molecule has 122 valence electrons. The largest absolute Gasteiger partial charge is 0.388 e. The molecule has 0 radical (unpaired) electrons. The van der Waals surface area contributed by atoms with Gasteiger partial charge in [-0.1, -0.05) is 86.1 Å². The third kappa shape index (κ3) is 6.64. The number of aliphatic hydroxyl groups excluding tert-OH is 1. The molecule has 1 nitrogen and oxygen atoms in total. The van der Waals surface area contributed by atoms with Crippen molar-refractivity contribution in [1.82, 2.24) is 0 Å². The van der Waals surface area contributed by atoms with Crippen LogP contribution in [-0.4, -0.2) is 11.2 Å². The highest BCUT2D eigenvalue weighted by molar-refractivity contribution is 8.03. The fourth-order valence-electron chi connectivity index (χ4n) is 2.41. The van der Waals surface area contributed by atoms with Crippen LogP contribution in [0.4, 0.5) is 0 Å². The Balaban J connectivity index is 1.98. The second kappa shape index (κ2) is 10.3. The van der Waals surface area contributed by atoms with Crippen LogP contribution in [-0.2, 0) is 6.42 Å². The minimum absolute atomic E-state index is 0.391. The first-order chi connectivity index (χ1) is 11.3. The molecule has 2 aromatic rings. The Morgan fingerprint density at radius 3 is 2.35 bits per heavy atom. The lowest BCUT2D eigenvalue weighted by atomic mass is 10.1. The van der Waals surface area contributed by atoms with Crippen molar-refractivity contribution >= 4 is 11.8 Å². The second-order valence-corrected chi connectivity index (χ2v) is 6.85. The summed E-state index contributed by atoms with van der Waals surface area (Å²) in [6.07, 6.45) is 6.89. The van der Waals surface area contributed by atoms with E-state index in [9.17, 15) is 5.11 Å². The third-order valence-electron chi connectivity index (χ3n) is 3.76. The van der Waals surface area contributed by atoms with Crippen LogP contribution >= 0.6 is 11.8 Å². The first-order valence-electron chi connectivity index (χ1n) is 8.44. The number of unbranched alkanes of at least 4 members (excludes halogenated alkanes) is 2. The molecule has 0 amide bonds. The molecular weight excluding hydrogens is 300 g/mol. The zero-order chi connectivity index (χ0) is 16.3. The molecule has 2 rings (SSSR count). The average Bonchev–Trinajstić information content (AvgIpc) is 2.61. The Kier molecular flexibility index (Phi) is 7.99. The van der Waals surface area contributed by atoms with Crippen molar-refractivity contribution in [3.05, 3.63) is 77.2 Å². The lowest BCUT2D eigenvalue weighted by molar-refractivity contribution is 0.209. The molecule has 0 aliphatic carbocycles. The molecule has 0 aliphatic rings. The zero-order valence-electron chi connectivity index (χ0n) is 13.8. The molecule has 0 heterocycles. The number of rotatable bonds is 9. The monoisotopic (exact) mass is 326 g/mol. The molecule has 0 bridgehead atoms. The van der Waals surface area contributed by atoms with E-state index in [2.05, 4.69) is 49.4 Å². The van der Waals surface area contributed by atoms with Crippen molar-refractivity contribution in [2.75, 3.05) is 0 Å². The van der Waals surface area contributed by atoms with Gasteiger partial charge in [-0.25, -0.2) is 0 Å². The summed E-state index contributed by atoms with van der Waals surface area (Å²) in [5.41, 5.74) is 1.28. The smallest absolute Gasteiger partial charge is 0.0851 e. The van der Waals surface area contributed by atoms with Gasteiger partial charge < -0.3 is 5.11 Å². The van der Waals surface area contributed by atoms with Gasteiger partial charge in [0.2, 0.25) is 0 Å². The van der Waals surface area contributed by atoms with Gasteiger partial charge in [-0.15, -0.1) is 0 Å². The van der Waals surface area contributed by atoms with E-state index in [-0.39, 0.29) is 0 Å². The molecule has 1 N–H and O–H groups in total. The van der Waals surface area contributed by atoms with Crippen LogP contribution in [0.15, 0.2) is 76.5 Å². The molecule has 2 aromatic carbocycles. The number of benzene rings is 2. The van der Waals surface area contributed by atoms with Crippen molar-refractivity contribution in [3.8, 4) is 0 Å². The van der Waals surface area contributed by atoms with Crippen molar-refractivity contribution in [1.29, 1.82) is 0 Å². The molecule has 0 saturated carbocycles. The molecule has 0 spiro atoms. The van der Waals surface area contributed by atoms with Crippen LogP contribution in [0.5, 0.6) is 0 Å². The van der Waals surface area contributed by atoms with Crippen LogP contribution in [0.1, 0.15) is 38.2 Å². The van der Waals surface area contributed by atoms with Crippen molar-refractivity contribution in [2.24, 2.45) is 0 Å². The molecule has 0 saturated heterocycles. The predicted molar refractivity (Wildman–Crippen MR) is 101 cm³/mol. The highest BCUT2D eigenvalue weighted by Crippen LogP contribution is 2.31.